The van der Waals surface area contributed by atoms with Crippen LogP contribution < -0.4 is 5.32 Å². The summed E-state index contributed by atoms with van der Waals surface area (Å²) in [4.78, 5) is 12.3. The third-order valence-electron chi connectivity index (χ3n) is 5.66. The van der Waals surface area contributed by atoms with Gasteiger partial charge in [0.15, 0.2) is 5.60 Å². The second kappa shape index (κ2) is 4.97. The van der Waals surface area contributed by atoms with Gasteiger partial charge in [0.1, 0.15) is 0 Å². The van der Waals surface area contributed by atoms with Gasteiger partial charge in [-0.05, 0) is 31.1 Å². The van der Waals surface area contributed by atoms with E-state index in [2.05, 4.69) is 5.32 Å². The summed E-state index contributed by atoms with van der Waals surface area (Å²) in [6, 6.07) is 0. The molecule has 3 fully saturated rings. The molecule has 1 amide bonds. The Labute approximate surface area is 120 Å². The fourth-order valence-electron chi connectivity index (χ4n) is 4.27. The number of aliphatic hydroxyl groups is 1. The summed E-state index contributed by atoms with van der Waals surface area (Å²) in [6.45, 7) is 1.60. The Hall–Kier alpha value is -0.650. The summed E-state index contributed by atoms with van der Waals surface area (Å²) in [5.41, 5.74) is -0.443. The van der Waals surface area contributed by atoms with Crippen molar-refractivity contribution in [3.05, 3.63) is 0 Å². The van der Waals surface area contributed by atoms with E-state index in [-0.39, 0.29) is 17.9 Å². The summed E-state index contributed by atoms with van der Waals surface area (Å²) in [7, 11) is 1.56. The second-order valence-corrected chi connectivity index (χ2v) is 7.05. The van der Waals surface area contributed by atoms with Gasteiger partial charge in [0.05, 0.1) is 19.8 Å². The molecule has 114 valence electrons. The molecule has 20 heavy (non-hydrogen) atoms. The van der Waals surface area contributed by atoms with E-state index in [1.807, 2.05) is 0 Å². The van der Waals surface area contributed by atoms with Crippen molar-refractivity contribution >= 4 is 5.91 Å². The average molecular weight is 283 g/mol. The van der Waals surface area contributed by atoms with Crippen LogP contribution in [0, 0.1) is 10.8 Å². The third kappa shape index (κ3) is 2.16. The van der Waals surface area contributed by atoms with Gasteiger partial charge in [0, 0.05) is 25.5 Å². The van der Waals surface area contributed by atoms with Crippen molar-refractivity contribution in [1.29, 1.82) is 0 Å². The van der Waals surface area contributed by atoms with Crippen LogP contribution in [0.4, 0.5) is 0 Å². The van der Waals surface area contributed by atoms with E-state index in [1.54, 1.807) is 7.11 Å². The Morgan fingerprint density at radius 1 is 1.35 bits per heavy atom. The molecule has 0 aromatic carbocycles. The number of carbonyl (C=O) groups excluding carboxylic acids is 1. The van der Waals surface area contributed by atoms with Crippen LogP contribution in [-0.4, -0.2) is 50.1 Å². The van der Waals surface area contributed by atoms with E-state index in [4.69, 9.17) is 9.47 Å². The number of hydrogen-bond donors (Lipinski definition) is 2. The topological polar surface area (TPSA) is 67.8 Å². The van der Waals surface area contributed by atoms with Gasteiger partial charge in [0.25, 0.3) is 5.91 Å². The number of rotatable bonds is 5. The molecular weight excluding hydrogens is 258 g/mol. The summed E-state index contributed by atoms with van der Waals surface area (Å²) in [5, 5.41) is 12.7. The average Bonchev–Trinajstić information content (AvgIpc) is 2.86. The highest BCUT2D eigenvalue weighted by atomic mass is 16.6. The largest absolute Gasteiger partial charge is 0.396 e. The molecule has 3 aliphatic rings. The first-order chi connectivity index (χ1) is 9.58. The fraction of sp³-hybridized carbons (Fsp3) is 0.933. The number of methoxy groups -OCH3 is 1. The molecule has 2 saturated carbocycles. The molecular formula is C15H25NO4. The van der Waals surface area contributed by atoms with E-state index in [1.165, 1.54) is 19.3 Å². The summed E-state index contributed by atoms with van der Waals surface area (Å²) >= 11 is 0. The van der Waals surface area contributed by atoms with Gasteiger partial charge >= 0.3 is 0 Å². The predicted molar refractivity (Wildman–Crippen MR) is 73.2 cm³/mol. The van der Waals surface area contributed by atoms with E-state index in [0.29, 0.717) is 31.6 Å². The predicted octanol–water partition coefficient (Wildman–Crippen LogP) is 0.851. The molecule has 0 aromatic heterocycles. The van der Waals surface area contributed by atoms with Gasteiger partial charge in [-0.1, -0.05) is 6.42 Å². The lowest BCUT2D eigenvalue weighted by atomic mass is 9.45. The van der Waals surface area contributed by atoms with Crippen LogP contribution in [0.2, 0.25) is 0 Å². The lowest BCUT2D eigenvalue weighted by Gasteiger charge is -2.60. The lowest BCUT2D eigenvalue weighted by molar-refractivity contribution is -0.149. The van der Waals surface area contributed by atoms with E-state index >= 15 is 0 Å². The highest BCUT2D eigenvalue weighted by Crippen LogP contribution is 2.64. The number of aliphatic hydroxyl groups excluding tert-OH is 1. The minimum absolute atomic E-state index is 0.0973. The number of amides is 1. The molecule has 0 radical (unpaired) electrons. The second-order valence-electron chi connectivity index (χ2n) is 7.05. The van der Waals surface area contributed by atoms with Crippen LogP contribution in [0.25, 0.3) is 0 Å². The smallest absolute Gasteiger partial charge is 0.254 e. The number of hydrogen-bond acceptors (Lipinski definition) is 4. The lowest BCUT2D eigenvalue weighted by Crippen LogP contribution is -2.59. The van der Waals surface area contributed by atoms with Crippen LogP contribution >= 0.6 is 0 Å². The molecule has 1 aliphatic heterocycles. The zero-order valence-electron chi connectivity index (χ0n) is 12.2. The van der Waals surface area contributed by atoms with E-state index < -0.39 is 5.60 Å². The fourth-order valence-corrected chi connectivity index (χ4v) is 4.27. The maximum atomic E-state index is 12.3. The quantitative estimate of drug-likeness (QED) is 0.785. The molecule has 2 N–H and O–H groups in total. The van der Waals surface area contributed by atoms with Crippen molar-refractivity contribution in [3.8, 4) is 0 Å². The molecule has 5 heteroatoms. The molecule has 0 aromatic rings. The highest BCUT2D eigenvalue weighted by Gasteiger charge is 2.57. The monoisotopic (exact) mass is 283 g/mol. The molecule has 1 spiro atoms. The zero-order chi connectivity index (χ0) is 14.3. The molecule has 0 bridgehead atoms. The van der Waals surface area contributed by atoms with Crippen LogP contribution in [0.3, 0.4) is 0 Å². The maximum absolute atomic E-state index is 12.3. The normalized spacial score (nSPS) is 33.5. The van der Waals surface area contributed by atoms with Crippen molar-refractivity contribution in [2.24, 2.45) is 10.8 Å². The molecule has 1 heterocycles. The molecule has 1 unspecified atom stereocenters. The molecule has 3 rings (SSSR count). The van der Waals surface area contributed by atoms with Gasteiger partial charge in [-0.3, -0.25) is 4.79 Å². The van der Waals surface area contributed by atoms with Gasteiger partial charge in [0.2, 0.25) is 0 Å². The Bertz CT molecular complexity index is 377. The van der Waals surface area contributed by atoms with Crippen molar-refractivity contribution in [2.75, 3.05) is 33.5 Å². The molecule has 2 aliphatic carbocycles. The van der Waals surface area contributed by atoms with Crippen LogP contribution in [0.15, 0.2) is 0 Å². The number of nitrogens with one attached hydrogen (secondary N) is 1. The zero-order valence-corrected chi connectivity index (χ0v) is 12.2. The van der Waals surface area contributed by atoms with Gasteiger partial charge in [-0.2, -0.15) is 0 Å². The van der Waals surface area contributed by atoms with E-state index in [0.717, 1.165) is 12.8 Å². The Balaban J connectivity index is 1.54. The van der Waals surface area contributed by atoms with Crippen LogP contribution in [0.5, 0.6) is 0 Å². The summed E-state index contributed by atoms with van der Waals surface area (Å²) < 4.78 is 10.7. The summed E-state index contributed by atoms with van der Waals surface area (Å²) in [6.07, 6.45) is 6.60. The van der Waals surface area contributed by atoms with Crippen molar-refractivity contribution in [1.82, 2.24) is 5.32 Å². The van der Waals surface area contributed by atoms with Crippen LogP contribution in [-0.2, 0) is 14.3 Å². The van der Waals surface area contributed by atoms with Crippen LogP contribution in [0.1, 0.15) is 38.5 Å². The van der Waals surface area contributed by atoms with Crippen molar-refractivity contribution < 1.29 is 19.4 Å². The number of carbonyl (C=O) groups is 1. The molecule has 5 nitrogen and oxygen atoms in total. The molecule has 1 saturated heterocycles. The minimum Gasteiger partial charge on any atom is -0.396 e. The summed E-state index contributed by atoms with van der Waals surface area (Å²) in [5.74, 6) is -0.0973. The standard InChI is InChI=1S/C15H25NO4/c1-19-15(5-6-20-11-15)12(18)16-9-14(10-17)7-13(8-14)3-2-4-13/h17H,2-11H2,1H3,(H,16,18). The van der Waals surface area contributed by atoms with E-state index in [9.17, 15) is 9.90 Å². The minimum atomic E-state index is -0.825. The third-order valence-corrected chi connectivity index (χ3v) is 5.66. The van der Waals surface area contributed by atoms with Gasteiger partial charge in [-0.15, -0.1) is 0 Å². The number of ether oxygens (including phenoxy) is 2. The highest BCUT2D eigenvalue weighted by molar-refractivity contribution is 5.85. The maximum Gasteiger partial charge on any atom is 0.254 e. The van der Waals surface area contributed by atoms with Gasteiger partial charge in [-0.25, -0.2) is 0 Å². The van der Waals surface area contributed by atoms with Gasteiger partial charge < -0.3 is 19.9 Å². The van der Waals surface area contributed by atoms with Crippen molar-refractivity contribution in [2.45, 2.75) is 44.1 Å². The Morgan fingerprint density at radius 2 is 2.10 bits per heavy atom. The van der Waals surface area contributed by atoms with Crippen molar-refractivity contribution in [3.63, 3.8) is 0 Å². The first kappa shape index (κ1) is 14.3. The Morgan fingerprint density at radius 3 is 2.55 bits per heavy atom. The first-order valence-electron chi connectivity index (χ1n) is 7.60. The molecule has 1 atom stereocenters. The first-order valence-corrected chi connectivity index (χ1v) is 7.60. The SMILES string of the molecule is COC1(C(=O)NCC2(CO)CC3(CCC3)C2)CCOC1. The Kier molecular flexibility index (Phi) is 3.55.